The van der Waals surface area contributed by atoms with E-state index in [1.54, 1.807) is 0 Å². The maximum absolute atomic E-state index is 12.9. The summed E-state index contributed by atoms with van der Waals surface area (Å²) in [7, 11) is 0. The minimum absolute atomic E-state index is 0.0718. The molecular weight excluding hydrogens is 997 g/mol. The van der Waals surface area contributed by atoms with E-state index >= 15 is 0 Å². The lowest BCUT2D eigenvalue weighted by Gasteiger charge is -2.18. The highest BCUT2D eigenvalue weighted by Gasteiger charge is 2.19. The van der Waals surface area contributed by atoms with Gasteiger partial charge in [0.2, 0.25) is 0 Å². The molecular formula is C75H140O6. The average Bonchev–Trinajstić information content (AvgIpc) is 3.46. The summed E-state index contributed by atoms with van der Waals surface area (Å²) in [5, 5.41) is 0. The van der Waals surface area contributed by atoms with Crippen molar-refractivity contribution in [2.75, 3.05) is 13.2 Å². The van der Waals surface area contributed by atoms with E-state index in [-0.39, 0.29) is 31.1 Å². The van der Waals surface area contributed by atoms with Gasteiger partial charge in [0.15, 0.2) is 6.10 Å². The first-order chi connectivity index (χ1) is 40.0. The van der Waals surface area contributed by atoms with Crippen LogP contribution in [0, 0.1) is 0 Å². The molecule has 0 amide bonds. The molecule has 1 atom stereocenters. The van der Waals surface area contributed by atoms with Gasteiger partial charge in [0.1, 0.15) is 13.2 Å². The Morgan fingerprint density at radius 2 is 0.407 bits per heavy atom. The van der Waals surface area contributed by atoms with E-state index in [0.717, 1.165) is 64.2 Å². The molecule has 0 aliphatic carbocycles. The smallest absolute Gasteiger partial charge is 0.306 e. The maximum atomic E-state index is 12.9. The minimum Gasteiger partial charge on any atom is -0.462 e. The van der Waals surface area contributed by atoms with Gasteiger partial charge in [-0.25, -0.2) is 0 Å². The van der Waals surface area contributed by atoms with Crippen molar-refractivity contribution < 1.29 is 28.6 Å². The summed E-state index contributed by atoms with van der Waals surface area (Å²) in [6, 6.07) is 0. The van der Waals surface area contributed by atoms with Crippen molar-refractivity contribution in [3.63, 3.8) is 0 Å². The van der Waals surface area contributed by atoms with Crippen molar-refractivity contribution in [1.29, 1.82) is 0 Å². The fraction of sp³-hybridized carbons (Fsp3) is 0.880. The Bertz CT molecular complexity index is 1350. The molecule has 1 unspecified atom stereocenters. The van der Waals surface area contributed by atoms with Crippen molar-refractivity contribution in [2.45, 2.75) is 412 Å². The Kier molecular flexibility index (Phi) is 68.1. The summed E-state index contributed by atoms with van der Waals surface area (Å²) < 4.78 is 17.0. The van der Waals surface area contributed by atoms with Crippen LogP contribution in [0.1, 0.15) is 406 Å². The number of unbranched alkanes of at least 4 members (excludes halogenated alkanes) is 51. The van der Waals surface area contributed by atoms with Crippen LogP contribution in [0.5, 0.6) is 0 Å². The summed E-state index contributed by atoms with van der Waals surface area (Å²) in [6.07, 6.45) is 87.7. The molecule has 0 aromatic rings. The Morgan fingerprint density at radius 1 is 0.235 bits per heavy atom. The Labute approximate surface area is 506 Å². The van der Waals surface area contributed by atoms with Gasteiger partial charge in [0, 0.05) is 19.3 Å². The molecule has 476 valence electrons. The largest absolute Gasteiger partial charge is 0.462 e. The number of allylic oxidation sites excluding steroid dienone is 6. The average molecular weight is 1140 g/mol. The molecule has 6 nitrogen and oxygen atoms in total. The lowest BCUT2D eigenvalue weighted by Crippen LogP contribution is -2.30. The van der Waals surface area contributed by atoms with Gasteiger partial charge in [-0.15, -0.1) is 0 Å². The summed E-state index contributed by atoms with van der Waals surface area (Å²) in [4.78, 5) is 38.4. The van der Waals surface area contributed by atoms with E-state index in [2.05, 4.69) is 57.2 Å². The molecule has 0 aliphatic heterocycles. The topological polar surface area (TPSA) is 78.9 Å². The predicted octanol–water partition coefficient (Wildman–Crippen LogP) is 25.1. The molecule has 0 saturated carbocycles. The summed E-state index contributed by atoms with van der Waals surface area (Å²) >= 11 is 0. The summed E-state index contributed by atoms with van der Waals surface area (Å²) in [5.41, 5.74) is 0. The van der Waals surface area contributed by atoms with Crippen LogP contribution in [-0.4, -0.2) is 37.2 Å². The highest BCUT2D eigenvalue weighted by atomic mass is 16.6. The molecule has 0 N–H and O–H groups in total. The van der Waals surface area contributed by atoms with E-state index in [1.165, 1.54) is 302 Å². The van der Waals surface area contributed by atoms with Crippen LogP contribution >= 0.6 is 0 Å². The number of esters is 3. The Morgan fingerprint density at radius 3 is 0.630 bits per heavy atom. The van der Waals surface area contributed by atoms with Crippen molar-refractivity contribution in [3.05, 3.63) is 36.5 Å². The number of hydrogen-bond acceptors (Lipinski definition) is 6. The molecule has 6 heteroatoms. The summed E-state index contributed by atoms with van der Waals surface area (Å²) in [6.45, 7) is 6.68. The van der Waals surface area contributed by atoms with Gasteiger partial charge < -0.3 is 14.2 Å². The van der Waals surface area contributed by atoms with Crippen molar-refractivity contribution in [3.8, 4) is 0 Å². The molecule has 0 radical (unpaired) electrons. The van der Waals surface area contributed by atoms with Gasteiger partial charge in [-0.05, 0) is 96.3 Å². The molecule has 0 saturated heterocycles. The van der Waals surface area contributed by atoms with Crippen LogP contribution in [0.15, 0.2) is 36.5 Å². The molecule has 0 rings (SSSR count). The molecule has 0 aromatic heterocycles. The van der Waals surface area contributed by atoms with E-state index in [1.807, 2.05) is 0 Å². The van der Waals surface area contributed by atoms with E-state index in [0.29, 0.717) is 19.3 Å². The maximum Gasteiger partial charge on any atom is 0.306 e. The van der Waals surface area contributed by atoms with Gasteiger partial charge in [-0.3, -0.25) is 14.4 Å². The monoisotopic (exact) mass is 1140 g/mol. The van der Waals surface area contributed by atoms with Crippen molar-refractivity contribution >= 4 is 17.9 Å². The zero-order valence-electron chi connectivity index (χ0n) is 54.8. The number of carbonyl (C=O) groups excluding carboxylic acids is 3. The van der Waals surface area contributed by atoms with E-state index in [9.17, 15) is 14.4 Å². The van der Waals surface area contributed by atoms with Crippen molar-refractivity contribution in [2.24, 2.45) is 0 Å². The zero-order chi connectivity index (χ0) is 58.5. The third-order valence-corrected chi connectivity index (χ3v) is 16.6. The Hall–Kier alpha value is -2.37. The second-order valence-corrected chi connectivity index (χ2v) is 24.8. The molecule has 0 bridgehead atoms. The SMILES string of the molecule is CCCCCC/C=C\CCCCCCCC(=O)OCC(COC(=O)CCCCCCCCCCCCCCCCCCCCCCC/C=C\CCCCCCCCCC)OC(=O)CCCCCCCCC/C=C\CCCCCCCC. The lowest BCUT2D eigenvalue weighted by molar-refractivity contribution is -0.167. The van der Waals surface area contributed by atoms with Crippen LogP contribution in [0.4, 0.5) is 0 Å². The second-order valence-electron chi connectivity index (χ2n) is 24.8. The molecule has 81 heavy (non-hydrogen) atoms. The first-order valence-corrected chi connectivity index (χ1v) is 36.5. The third-order valence-electron chi connectivity index (χ3n) is 16.6. The highest BCUT2D eigenvalue weighted by molar-refractivity contribution is 5.71. The number of ether oxygens (including phenoxy) is 3. The van der Waals surface area contributed by atoms with Gasteiger partial charge in [0.25, 0.3) is 0 Å². The number of carbonyl (C=O) groups is 3. The van der Waals surface area contributed by atoms with Crippen LogP contribution in [0.2, 0.25) is 0 Å². The molecule has 0 fully saturated rings. The Balaban J connectivity index is 4.10. The predicted molar refractivity (Wildman–Crippen MR) is 353 cm³/mol. The second kappa shape index (κ2) is 70.1. The highest BCUT2D eigenvalue weighted by Crippen LogP contribution is 2.18. The minimum atomic E-state index is -0.776. The standard InChI is InChI=1S/C75H140O6/c1-4-7-10-13-16-19-22-25-27-29-30-31-32-33-34-35-36-37-38-39-40-41-42-43-44-46-47-50-53-56-59-62-65-68-74(77)80-71-72(70-79-73(76)67-64-61-58-55-52-49-24-21-18-15-12-9-6-3)81-75(78)69-66-63-60-57-54-51-48-45-28-26-23-20-17-14-11-8-5-2/h21,24,26,28-30,72H,4-20,22-23,25,27,31-71H2,1-3H3/b24-21-,28-26-,30-29-. The first-order valence-electron chi connectivity index (χ1n) is 36.5. The van der Waals surface area contributed by atoms with Gasteiger partial charge in [0.05, 0.1) is 0 Å². The van der Waals surface area contributed by atoms with Crippen molar-refractivity contribution in [1.82, 2.24) is 0 Å². The molecule has 0 heterocycles. The normalized spacial score (nSPS) is 12.2. The molecule has 0 spiro atoms. The zero-order valence-corrected chi connectivity index (χ0v) is 54.8. The fourth-order valence-electron chi connectivity index (χ4n) is 11.1. The molecule has 0 aliphatic rings. The molecule has 0 aromatic carbocycles. The van der Waals surface area contributed by atoms with Gasteiger partial charge >= 0.3 is 17.9 Å². The van der Waals surface area contributed by atoms with Crippen LogP contribution in [-0.2, 0) is 28.6 Å². The number of rotatable bonds is 68. The van der Waals surface area contributed by atoms with Crippen LogP contribution in [0.3, 0.4) is 0 Å². The van der Waals surface area contributed by atoms with Crippen LogP contribution in [0.25, 0.3) is 0 Å². The fourth-order valence-corrected chi connectivity index (χ4v) is 11.1. The van der Waals surface area contributed by atoms with E-state index in [4.69, 9.17) is 14.2 Å². The quantitative estimate of drug-likeness (QED) is 0.0261. The van der Waals surface area contributed by atoms with E-state index < -0.39 is 6.10 Å². The lowest BCUT2D eigenvalue weighted by atomic mass is 10.0. The van der Waals surface area contributed by atoms with Crippen LogP contribution < -0.4 is 0 Å². The van der Waals surface area contributed by atoms with Gasteiger partial charge in [-0.2, -0.15) is 0 Å². The first kappa shape index (κ1) is 78.6. The van der Waals surface area contributed by atoms with Gasteiger partial charge in [-0.1, -0.05) is 327 Å². The third kappa shape index (κ3) is 68.3. The summed E-state index contributed by atoms with van der Waals surface area (Å²) in [5.74, 6) is -0.859. The number of hydrogen-bond donors (Lipinski definition) is 0.